The Labute approximate surface area is 98.4 Å². The molecule has 0 saturated carbocycles. The maximum atomic E-state index is 12.4. The molecule has 0 bridgehead atoms. The molecule has 1 rings (SSSR count). The Bertz CT molecular complexity index is 408. The van der Waals surface area contributed by atoms with Gasteiger partial charge in [0.25, 0.3) is 0 Å². The van der Waals surface area contributed by atoms with E-state index < -0.39 is 11.7 Å². The predicted octanol–water partition coefficient (Wildman–Crippen LogP) is 3.22. The van der Waals surface area contributed by atoms with Gasteiger partial charge in [-0.25, -0.2) is 0 Å². The molecule has 5 heteroatoms. The van der Waals surface area contributed by atoms with Gasteiger partial charge in [-0.05, 0) is 17.7 Å². The largest absolute Gasteiger partial charge is 0.416 e. The zero-order chi connectivity index (χ0) is 13.1. The molecule has 0 radical (unpaired) electrons. The molecule has 1 aromatic carbocycles. The molecule has 0 unspecified atom stereocenters. The molecule has 0 aliphatic carbocycles. The van der Waals surface area contributed by atoms with Gasteiger partial charge < -0.3 is 5.73 Å². The van der Waals surface area contributed by atoms with E-state index in [-0.39, 0.29) is 12.5 Å². The molecular formula is C12H15F3N2. The Morgan fingerprint density at radius 3 is 2.53 bits per heavy atom. The van der Waals surface area contributed by atoms with Crippen molar-refractivity contribution in [1.29, 1.82) is 0 Å². The summed E-state index contributed by atoms with van der Waals surface area (Å²) in [6.45, 7) is 3.93. The number of nitrogens with two attached hydrogens (primary N) is 1. The number of aliphatic imine (C=N–C) groups is 1. The van der Waals surface area contributed by atoms with Crippen molar-refractivity contribution < 1.29 is 13.2 Å². The lowest BCUT2D eigenvalue weighted by molar-refractivity contribution is -0.137. The van der Waals surface area contributed by atoms with E-state index >= 15 is 0 Å². The molecule has 2 N–H and O–H groups in total. The first-order valence-corrected chi connectivity index (χ1v) is 5.26. The Balaban J connectivity index is 2.84. The molecule has 0 atom stereocenters. The van der Waals surface area contributed by atoms with Crippen LogP contribution in [0.15, 0.2) is 29.3 Å². The summed E-state index contributed by atoms with van der Waals surface area (Å²) in [4.78, 5) is 4.04. The number of hydrogen-bond acceptors (Lipinski definition) is 1. The van der Waals surface area contributed by atoms with Crippen LogP contribution >= 0.6 is 0 Å². The molecule has 2 nitrogen and oxygen atoms in total. The summed E-state index contributed by atoms with van der Waals surface area (Å²) < 4.78 is 37.3. The van der Waals surface area contributed by atoms with Crippen molar-refractivity contribution in [2.75, 3.05) is 0 Å². The van der Waals surface area contributed by atoms with Crippen LogP contribution in [0.3, 0.4) is 0 Å². The summed E-state index contributed by atoms with van der Waals surface area (Å²) in [5.74, 6) is 0.545. The Hall–Kier alpha value is -1.52. The lowest BCUT2D eigenvalue weighted by Crippen LogP contribution is -2.18. The minimum atomic E-state index is -4.32. The Morgan fingerprint density at radius 2 is 2.00 bits per heavy atom. The molecule has 0 fully saturated rings. The van der Waals surface area contributed by atoms with Crippen LogP contribution in [-0.2, 0) is 12.7 Å². The predicted molar refractivity (Wildman–Crippen MR) is 61.6 cm³/mol. The van der Waals surface area contributed by atoms with E-state index in [0.717, 1.165) is 12.1 Å². The van der Waals surface area contributed by atoms with Crippen molar-refractivity contribution >= 4 is 5.84 Å². The van der Waals surface area contributed by atoms with Crippen LogP contribution in [0, 0.1) is 5.92 Å². The Kier molecular flexibility index (Phi) is 4.15. The molecule has 0 amide bonds. The Morgan fingerprint density at radius 1 is 1.35 bits per heavy atom. The topological polar surface area (TPSA) is 38.4 Å². The zero-order valence-electron chi connectivity index (χ0n) is 9.75. The molecule has 94 valence electrons. The van der Waals surface area contributed by atoms with Crippen molar-refractivity contribution in [3.05, 3.63) is 35.4 Å². The first kappa shape index (κ1) is 13.5. The molecule has 17 heavy (non-hydrogen) atoms. The van der Waals surface area contributed by atoms with Gasteiger partial charge in [0.05, 0.1) is 17.9 Å². The summed E-state index contributed by atoms with van der Waals surface area (Å²) in [5, 5.41) is 0. The first-order chi connectivity index (χ1) is 7.80. The summed E-state index contributed by atoms with van der Waals surface area (Å²) in [5.41, 5.74) is 5.46. The smallest absolute Gasteiger partial charge is 0.387 e. The third-order valence-corrected chi connectivity index (χ3v) is 2.29. The standard InChI is InChI=1S/C12H15F3N2/c1-8(2)11(16)17-7-9-4-3-5-10(6-9)12(13,14)15/h3-6,8H,7H2,1-2H3,(H2,16,17). The lowest BCUT2D eigenvalue weighted by atomic mass is 10.1. The second-order valence-corrected chi connectivity index (χ2v) is 4.09. The van der Waals surface area contributed by atoms with Crippen molar-refractivity contribution in [3.63, 3.8) is 0 Å². The van der Waals surface area contributed by atoms with E-state index in [9.17, 15) is 13.2 Å². The fraction of sp³-hybridized carbons (Fsp3) is 0.417. The van der Waals surface area contributed by atoms with Crippen molar-refractivity contribution in [1.82, 2.24) is 0 Å². The molecule has 0 aliphatic heterocycles. The summed E-state index contributed by atoms with van der Waals surface area (Å²) in [6, 6.07) is 5.11. The second kappa shape index (κ2) is 5.21. The van der Waals surface area contributed by atoms with E-state index in [1.807, 2.05) is 13.8 Å². The molecular weight excluding hydrogens is 229 g/mol. The van der Waals surface area contributed by atoms with Gasteiger partial charge in [0.1, 0.15) is 0 Å². The van der Waals surface area contributed by atoms with Crippen LogP contribution in [0.1, 0.15) is 25.0 Å². The normalized spacial score (nSPS) is 13.2. The van der Waals surface area contributed by atoms with E-state index in [0.29, 0.717) is 11.4 Å². The number of rotatable bonds is 3. The van der Waals surface area contributed by atoms with Crippen LogP contribution in [0.5, 0.6) is 0 Å². The molecule has 0 aromatic heterocycles. The lowest BCUT2D eigenvalue weighted by Gasteiger charge is -2.08. The summed E-state index contributed by atoms with van der Waals surface area (Å²) in [7, 11) is 0. The number of benzene rings is 1. The highest BCUT2D eigenvalue weighted by Crippen LogP contribution is 2.29. The fourth-order valence-electron chi connectivity index (χ4n) is 1.21. The minimum Gasteiger partial charge on any atom is -0.387 e. The SMILES string of the molecule is CC(C)C(N)=NCc1cccc(C(F)(F)F)c1. The fourth-order valence-corrected chi connectivity index (χ4v) is 1.21. The van der Waals surface area contributed by atoms with Gasteiger partial charge >= 0.3 is 6.18 Å². The van der Waals surface area contributed by atoms with E-state index in [4.69, 9.17) is 5.73 Å². The number of hydrogen-bond donors (Lipinski definition) is 1. The average Bonchev–Trinajstić information content (AvgIpc) is 2.25. The van der Waals surface area contributed by atoms with Gasteiger partial charge in [0.2, 0.25) is 0 Å². The van der Waals surface area contributed by atoms with Gasteiger partial charge in [-0.2, -0.15) is 13.2 Å². The molecule has 0 spiro atoms. The maximum Gasteiger partial charge on any atom is 0.416 e. The van der Waals surface area contributed by atoms with E-state index in [2.05, 4.69) is 4.99 Å². The highest BCUT2D eigenvalue weighted by Gasteiger charge is 2.30. The average molecular weight is 244 g/mol. The monoisotopic (exact) mass is 244 g/mol. The van der Waals surface area contributed by atoms with Crippen LogP contribution in [0.2, 0.25) is 0 Å². The van der Waals surface area contributed by atoms with Crippen molar-refractivity contribution in [2.24, 2.45) is 16.6 Å². The molecule has 0 heterocycles. The van der Waals surface area contributed by atoms with Crippen LogP contribution < -0.4 is 5.73 Å². The third kappa shape index (κ3) is 4.09. The quantitative estimate of drug-likeness (QED) is 0.643. The third-order valence-electron chi connectivity index (χ3n) is 2.29. The number of nitrogens with zero attached hydrogens (tertiary/aromatic N) is 1. The molecule has 0 aliphatic rings. The van der Waals surface area contributed by atoms with Crippen molar-refractivity contribution in [3.8, 4) is 0 Å². The van der Waals surface area contributed by atoms with Crippen LogP contribution in [0.25, 0.3) is 0 Å². The number of alkyl halides is 3. The maximum absolute atomic E-state index is 12.4. The zero-order valence-corrected chi connectivity index (χ0v) is 9.75. The molecule has 0 saturated heterocycles. The van der Waals surface area contributed by atoms with Crippen LogP contribution in [0.4, 0.5) is 13.2 Å². The highest BCUT2D eigenvalue weighted by atomic mass is 19.4. The highest BCUT2D eigenvalue weighted by molar-refractivity contribution is 5.82. The summed E-state index contributed by atoms with van der Waals surface area (Å²) in [6.07, 6.45) is -4.32. The van der Waals surface area contributed by atoms with Crippen molar-refractivity contribution in [2.45, 2.75) is 26.6 Å². The second-order valence-electron chi connectivity index (χ2n) is 4.09. The van der Waals surface area contributed by atoms with Gasteiger partial charge in [0.15, 0.2) is 0 Å². The minimum absolute atomic E-state index is 0.0980. The molecule has 1 aromatic rings. The van der Waals surface area contributed by atoms with Gasteiger partial charge in [-0.1, -0.05) is 26.0 Å². The van der Waals surface area contributed by atoms with Gasteiger partial charge in [0, 0.05) is 5.92 Å². The summed E-state index contributed by atoms with van der Waals surface area (Å²) >= 11 is 0. The van der Waals surface area contributed by atoms with Gasteiger partial charge in [-0.15, -0.1) is 0 Å². The van der Waals surface area contributed by atoms with Crippen LogP contribution in [-0.4, -0.2) is 5.84 Å². The number of halogens is 3. The van der Waals surface area contributed by atoms with Gasteiger partial charge in [-0.3, -0.25) is 4.99 Å². The van der Waals surface area contributed by atoms with E-state index in [1.165, 1.54) is 6.07 Å². The number of amidine groups is 1. The van der Waals surface area contributed by atoms with E-state index in [1.54, 1.807) is 6.07 Å². The first-order valence-electron chi connectivity index (χ1n) is 5.26.